The van der Waals surface area contributed by atoms with Crippen molar-refractivity contribution < 1.29 is 14.7 Å². The summed E-state index contributed by atoms with van der Waals surface area (Å²) in [6, 6.07) is -0.0327. The summed E-state index contributed by atoms with van der Waals surface area (Å²) in [6.07, 6.45) is 5.76. The predicted molar refractivity (Wildman–Crippen MR) is 55.6 cm³/mol. The standard InChI is InChI=1S/C10H16N2O3/c1-12(7-6-9(13)14)10(15)11-8-4-2-3-5-8/h2-3,8H,4-7H2,1H3,(H,11,15)(H,13,14). The Bertz CT molecular complexity index is 268. The van der Waals surface area contributed by atoms with E-state index in [-0.39, 0.29) is 25.0 Å². The molecule has 0 aromatic carbocycles. The molecule has 0 radical (unpaired) electrons. The predicted octanol–water partition coefficient (Wildman–Crippen LogP) is 0.821. The number of nitrogens with one attached hydrogen (secondary N) is 1. The van der Waals surface area contributed by atoms with E-state index in [2.05, 4.69) is 5.32 Å². The summed E-state index contributed by atoms with van der Waals surface area (Å²) < 4.78 is 0. The first kappa shape index (κ1) is 11.6. The lowest BCUT2D eigenvalue weighted by Crippen LogP contribution is -2.42. The van der Waals surface area contributed by atoms with Gasteiger partial charge >= 0.3 is 12.0 Å². The third-order valence-electron chi connectivity index (χ3n) is 2.34. The largest absolute Gasteiger partial charge is 0.481 e. The van der Waals surface area contributed by atoms with Crippen molar-refractivity contribution >= 4 is 12.0 Å². The van der Waals surface area contributed by atoms with Gasteiger partial charge in [0.2, 0.25) is 0 Å². The lowest BCUT2D eigenvalue weighted by Gasteiger charge is -2.20. The molecule has 2 amide bonds. The quantitative estimate of drug-likeness (QED) is 0.678. The van der Waals surface area contributed by atoms with Gasteiger partial charge in [-0.3, -0.25) is 4.79 Å². The number of nitrogens with zero attached hydrogens (tertiary/aromatic N) is 1. The topological polar surface area (TPSA) is 69.6 Å². The van der Waals surface area contributed by atoms with Crippen LogP contribution in [0.2, 0.25) is 0 Å². The summed E-state index contributed by atoms with van der Waals surface area (Å²) in [6.45, 7) is 0.237. The highest BCUT2D eigenvalue weighted by molar-refractivity contribution is 5.75. The van der Waals surface area contributed by atoms with E-state index < -0.39 is 5.97 Å². The van der Waals surface area contributed by atoms with Gasteiger partial charge in [-0.25, -0.2) is 4.79 Å². The average Bonchev–Trinajstić information content (AvgIpc) is 2.66. The molecule has 0 heterocycles. The molecule has 1 aliphatic carbocycles. The van der Waals surface area contributed by atoms with Gasteiger partial charge < -0.3 is 15.3 Å². The van der Waals surface area contributed by atoms with Crippen LogP contribution in [0.5, 0.6) is 0 Å². The van der Waals surface area contributed by atoms with Crippen molar-refractivity contribution in [2.45, 2.75) is 25.3 Å². The zero-order valence-corrected chi connectivity index (χ0v) is 8.77. The SMILES string of the molecule is CN(CCC(=O)O)C(=O)NC1CC=CC1. The molecule has 15 heavy (non-hydrogen) atoms. The first-order valence-electron chi connectivity index (χ1n) is 4.98. The molecule has 0 saturated heterocycles. The highest BCUT2D eigenvalue weighted by Crippen LogP contribution is 2.09. The number of hydrogen-bond acceptors (Lipinski definition) is 2. The van der Waals surface area contributed by atoms with E-state index in [9.17, 15) is 9.59 Å². The zero-order chi connectivity index (χ0) is 11.3. The van der Waals surface area contributed by atoms with Crippen molar-refractivity contribution in [2.75, 3.05) is 13.6 Å². The molecule has 84 valence electrons. The van der Waals surface area contributed by atoms with Gasteiger partial charge in [0, 0.05) is 19.6 Å². The minimum Gasteiger partial charge on any atom is -0.481 e. The van der Waals surface area contributed by atoms with Crippen LogP contribution in [-0.4, -0.2) is 41.6 Å². The van der Waals surface area contributed by atoms with Gasteiger partial charge in [-0.1, -0.05) is 12.2 Å². The van der Waals surface area contributed by atoms with Crippen molar-refractivity contribution in [3.05, 3.63) is 12.2 Å². The summed E-state index contributed by atoms with van der Waals surface area (Å²) in [5.74, 6) is -0.891. The molecule has 0 aromatic heterocycles. The number of hydrogen-bond donors (Lipinski definition) is 2. The van der Waals surface area contributed by atoms with E-state index in [4.69, 9.17) is 5.11 Å². The third kappa shape index (κ3) is 4.01. The Hall–Kier alpha value is -1.52. The Morgan fingerprint density at radius 3 is 2.60 bits per heavy atom. The van der Waals surface area contributed by atoms with E-state index in [1.807, 2.05) is 12.2 Å². The molecule has 0 aromatic rings. The number of rotatable bonds is 4. The first-order chi connectivity index (χ1) is 7.09. The van der Waals surface area contributed by atoms with Crippen LogP contribution in [0.1, 0.15) is 19.3 Å². The molecule has 1 aliphatic rings. The van der Waals surface area contributed by atoms with Crippen molar-refractivity contribution in [2.24, 2.45) is 0 Å². The highest BCUT2D eigenvalue weighted by Gasteiger charge is 2.16. The molecule has 0 saturated carbocycles. The molecular weight excluding hydrogens is 196 g/mol. The Labute approximate surface area is 88.8 Å². The molecular formula is C10H16N2O3. The van der Waals surface area contributed by atoms with Gasteiger partial charge in [0.1, 0.15) is 0 Å². The summed E-state index contributed by atoms with van der Waals surface area (Å²) in [5.41, 5.74) is 0. The van der Waals surface area contributed by atoms with Gasteiger partial charge in [-0.05, 0) is 12.8 Å². The molecule has 5 heteroatoms. The molecule has 0 fully saturated rings. The summed E-state index contributed by atoms with van der Waals surface area (Å²) in [5, 5.41) is 11.3. The first-order valence-corrected chi connectivity index (χ1v) is 4.98. The molecule has 2 N–H and O–H groups in total. The summed E-state index contributed by atoms with van der Waals surface area (Å²) in [7, 11) is 1.60. The molecule has 0 bridgehead atoms. The average molecular weight is 212 g/mol. The summed E-state index contributed by atoms with van der Waals surface area (Å²) >= 11 is 0. The smallest absolute Gasteiger partial charge is 0.317 e. The molecule has 0 unspecified atom stereocenters. The Balaban J connectivity index is 2.23. The van der Waals surface area contributed by atoms with Gasteiger partial charge in [-0.15, -0.1) is 0 Å². The maximum absolute atomic E-state index is 11.5. The minimum atomic E-state index is -0.891. The zero-order valence-electron chi connectivity index (χ0n) is 8.77. The fourth-order valence-electron chi connectivity index (χ4n) is 1.38. The molecule has 1 rings (SSSR count). The number of carbonyl (C=O) groups excluding carboxylic acids is 1. The second-order valence-corrected chi connectivity index (χ2v) is 3.65. The van der Waals surface area contributed by atoms with Gasteiger partial charge in [0.25, 0.3) is 0 Å². The van der Waals surface area contributed by atoms with E-state index in [1.54, 1.807) is 7.05 Å². The molecule has 0 spiro atoms. The lowest BCUT2D eigenvalue weighted by atomic mass is 10.2. The van der Waals surface area contributed by atoms with Crippen molar-refractivity contribution in [3.8, 4) is 0 Å². The fraction of sp³-hybridized carbons (Fsp3) is 0.600. The van der Waals surface area contributed by atoms with Crippen LogP contribution in [0.15, 0.2) is 12.2 Å². The van der Waals surface area contributed by atoms with E-state index >= 15 is 0 Å². The van der Waals surface area contributed by atoms with Crippen LogP contribution in [-0.2, 0) is 4.79 Å². The molecule has 5 nitrogen and oxygen atoms in total. The van der Waals surface area contributed by atoms with Crippen molar-refractivity contribution in [1.29, 1.82) is 0 Å². The maximum Gasteiger partial charge on any atom is 0.317 e. The molecule has 0 atom stereocenters. The lowest BCUT2D eigenvalue weighted by molar-refractivity contribution is -0.137. The van der Waals surface area contributed by atoms with Crippen LogP contribution < -0.4 is 5.32 Å². The van der Waals surface area contributed by atoms with E-state index in [1.165, 1.54) is 4.90 Å². The van der Waals surface area contributed by atoms with E-state index in [0.29, 0.717) is 0 Å². The van der Waals surface area contributed by atoms with Gasteiger partial charge in [0.15, 0.2) is 0 Å². The van der Waals surface area contributed by atoms with Crippen LogP contribution in [0.25, 0.3) is 0 Å². The molecule has 0 aliphatic heterocycles. The number of carboxylic acids is 1. The van der Waals surface area contributed by atoms with E-state index in [0.717, 1.165) is 12.8 Å². The highest BCUT2D eigenvalue weighted by atomic mass is 16.4. The number of carboxylic acid groups (broad SMARTS) is 1. The normalized spacial score (nSPS) is 15.3. The maximum atomic E-state index is 11.5. The second-order valence-electron chi connectivity index (χ2n) is 3.65. The number of aliphatic carboxylic acids is 1. The number of carbonyl (C=O) groups is 2. The van der Waals surface area contributed by atoms with Crippen LogP contribution in [0.3, 0.4) is 0 Å². The monoisotopic (exact) mass is 212 g/mol. The minimum absolute atomic E-state index is 0.0210. The Kier molecular flexibility index (Phi) is 4.15. The van der Waals surface area contributed by atoms with Crippen LogP contribution >= 0.6 is 0 Å². The third-order valence-corrected chi connectivity index (χ3v) is 2.34. The van der Waals surface area contributed by atoms with Crippen molar-refractivity contribution in [1.82, 2.24) is 10.2 Å². The summed E-state index contributed by atoms with van der Waals surface area (Å²) in [4.78, 5) is 23.2. The van der Waals surface area contributed by atoms with Crippen LogP contribution in [0, 0.1) is 0 Å². The van der Waals surface area contributed by atoms with Gasteiger partial charge in [-0.2, -0.15) is 0 Å². The Morgan fingerprint density at radius 2 is 2.07 bits per heavy atom. The van der Waals surface area contributed by atoms with Gasteiger partial charge in [0.05, 0.1) is 6.42 Å². The number of urea groups is 1. The Morgan fingerprint density at radius 1 is 1.47 bits per heavy atom. The van der Waals surface area contributed by atoms with Crippen LogP contribution in [0.4, 0.5) is 4.79 Å². The number of amides is 2. The fourth-order valence-corrected chi connectivity index (χ4v) is 1.38. The van der Waals surface area contributed by atoms with Crippen molar-refractivity contribution in [3.63, 3.8) is 0 Å². The second kappa shape index (κ2) is 5.38.